The third-order valence-corrected chi connectivity index (χ3v) is 8.42. The first-order valence-electron chi connectivity index (χ1n) is 12.4. The lowest BCUT2D eigenvalue weighted by Crippen LogP contribution is -2.17. The Morgan fingerprint density at radius 2 is 1.84 bits per heavy atom. The van der Waals surface area contributed by atoms with E-state index in [0.717, 1.165) is 70.1 Å². The first kappa shape index (κ1) is 25.3. The number of hydrogen-bond donors (Lipinski definition) is 1. The predicted octanol–water partition coefficient (Wildman–Crippen LogP) is 8.01. The number of benzene rings is 2. The minimum atomic E-state index is -0.0474. The van der Waals surface area contributed by atoms with Crippen LogP contribution in [0.4, 0.5) is 11.4 Å². The summed E-state index contributed by atoms with van der Waals surface area (Å²) in [5, 5.41) is 4.65. The number of aliphatic imine (C=N–C) groups is 1. The second-order valence-electron chi connectivity index (χ2n) is 9.45. The van der Waals surface area contributed by atoms with E-state index in [4.69, 9.17) is 16.3 Å². The molecule has 5 rings (SSSR count). The van der Waals surface area contributed by atoms with E-state index in [0.29, 0.717) is 10.8 Å². The molecule has 37 heavy (non-hydrogen) atoms. The topological polar surface area (TPSA) is 55.6 Å². The number of thiophene rings is 1. The molecule has 0 radical (unpaired) electrons. The summed E-state index contributed by atoms with van der Waals surface area (Å²) in [6.07, 6.45) is 6.10. The highest BCUT2D eigenvalue weighted by Crippen LogP contribution is 2.39. The second kappa shape index (κ2) is 10.6. The van der Waals surface area contributed by atoms with Crippen LogP contribution in [0, 0.1) is 20.8 Å². The number of fused-ring (bicyclic) bond motifs is 1. The number of nitrogens with one attached hydrogen (secondary N) is 1. The molecule has 190 valence electrons. The highest BCUT2D eigenvalue weighted by atomic mass is 35.5. The number of nitrogens with zero attached hydrogens (tertiary/aromatic N) is 2. The van der Waals surface area contributed by atoms with Gasteiger partial charge in [0, 0.05) is 33.7 Å². The number of methoxy groups -OCH3 is 1. The molecule has 7 heteroatoms. The van der Waals surface area contributed by atoms with Crippen LogP contribution < -0.4 is 10.1 Å². The number of hydrogen-bond acceptors (Lipinski definition) is 4. The molecular weight excluding hydrogens is 502 g/mol. The number of carbonyl (C=O) groups is 1. The Hall–Kier alpha value is -3.35. The average Bonchev–Trinajstić information content (AvgIpc) is 3.40. The van der Waals surface area contributed by atoms with Crippen LogP contribution in [0.1, 0.15) is 56.2 Å². The van der Waals surface area contributed by atoms with Gasteiger partial charge >= 0.3 is 0 Å². The lowest BCUT2D eigenvalue weighted by atomic mass is 9.95. The van der Waals surface area contributed by atoms with Gasteiger partial charge in [-0.25, -0.2) is 0 Å². The number of aromatic nitrogens is 1. The van der Waals surface area contributed by atoms with E-state index in [1.807, 2.05) is 49.5 Å². The summed E-state index contributed by atoms with van der Waals surface area (Å²) in [4.78, 5) is 19.7. The van der Waals surface area contributed by atoms with Crippen molar-refractivity contribution in [3.8, 4) is 10.8 Å². The quantitative estimate of drug-likeness (QED) is 0.256. The normalized spacial score (nSPS) is 13.1. The van der Waals surface area contributed by atoms with E-state index in [9.17, 15) is 4.79 Å². The van der Waals surface area contributed by atoms with Gasteiger partial charge in [-0.3, -0.25) is 9.79 Å². The van der Waals surface area contributed by atoms with Crippen molar-refractivity contribution in [1.82, 2.24) is 4.57 Å². The van der Waals surface area contributed by atoms with Crippen molar-refractivity contribution in [2.75, 3.05) is 12.4 Å². The van der Waals surface area contributed by atoms with Gasteiger partial charge in [-0.05, 0) is 88.4 Å². The Morgan fingerprint density at radius 1 is 1.08 bits per heavy atom. The highest BCUT2D eigenvalue weighted by Gasteiger charge is 2.28. The fourth-order valence-corrected chi connectivity index (χ4v) is 6.63. The summed E-state index contributed by atoms with van der Waals surface area (Å²) < 4.78 is 7.44. The zero-order valence-corrected chi connectivity index (χ0v) is 23.1. The van der Waals surface area contributed by atoms with E-state index in [1.165, 1.54) is 10.4 Å². The number of aryl methyl sites for hydroxylation is 3. The van der Waals surface area contributed by atoms with E-state index < -0.39 is 0 Å². The van der Waals surface area contributed by atoms with E-state index in [2.05, 4.69) is 34.8 Å². The van der Waals surface area contributed by atoms with Crippen LogP contribution in [0.3, 0.4) is 0 Å². The van der Waals surface area contributed by atoms with Crippen molar-refractivity contribution in [3.63, 3.8) is 0 Å². The number of ether oxygens (including phenoxy) is 1. The SMILES string of the molecule is COc1ccc(N=Cc2cc(C)n(-c3sc4c(c3C(=O)Nc3ccc(C)cc3)CCCC4)c2C)cc1Cl. The Morgan fingerprint density at radius 3 is 2.57 bits per heavy atom. The van der Waals surface area contributed by atoms with Crippen molar-refractivity contribution >= 4 is 46.4 Å². The lowest BCUT2D eigenvalue weighted by Gasteiger charge is -2.14. The predicted molar refractivity (Wildman–Crippen MR) is 154 cm³/mol. The molecule has 0 fully saturated rings. The van der Waals surface area contributed by atoms with Crippen LogP contribution >= 0.6 is 22.9 Å². The van der Waals surface area contributed by atoms with Crippen LogP contribution in [0.5, 0.6) is 5.75 Å². The molecule has 0 spiro atoms. The number of amides is 1. The third kappa shape index (κ3) is 5.09. The summed E-state index contributed by atoms with van der Waals surface area (Å²) in [5.74, 6) is 0.575. The number of halogens is 1. The molecule has 0 bridgehead atoms. The standard InChI is InChI=1S/C30H30ClN3O2S/c1-18-9-11-22(12-10-18)33-29(35)28-24-7-5-6-8-27(24)37-30(28)34-19(2)15-21(20(34)3)17-32-23-13-14-26(36-4)25(31)16-23/h9-17H,5-8H2,1-4H3,(H,33,35). The van der Waals surface area contributed by atoms with Gasteiger partial charge in [-0.15, -0.1) is 11.3 Å². The van der Waals surface area contributed by atoms with Gasteiger partial charge in [-0.2, -0.15) is 0 Å². The molecule has 2 aromatic heterocycles. The monoisotopic (exact) mass is 531 g/mol. The molecule has 0 unspecified atom stereocenters. The highest BCUT2D eigenvalue weighted by molar-refractivity contribution is 7.15. The second-order valence-corrected chi connectivity index (χ2v) is 10.9. The van der Waals surface area contributed by atoms with E-state index in [-0.39, 0.29) is 5.91 Å². The molecule has 1 N–H and O–H groups in total. The van der Waals surface area contributed by atoms with Gasteiger partial charge in [-0.1, -0.05) is 29.3 Å². The smallest absolute Gasteiger partial charge is 0.258 e. The Kier molecular flexibility index (Phi) is 7.22. The Balaban J connectivity index is 1.52. The van der Waals surface area contributed by atoms with Crippen LogP contribution in [-0.4, -0.2) is 23.8 Å². The summed E-state index contributed by atoms with van der Waals surface area (Å²) in [6, 6.07) is 15.5. The lowest BCUT2D eigenvalue weighted by molar-refractivity contribution is 0.102. The van der Waals surface area contributed by atoms with Gasteiger partial charge < -0.3 is 14.6 Å². The maximum Gasteiger partial charge on any atom is 0.258 e. The molecule has 5 nitrogen and oxygen atoms in total. The van der Waals surface area contributed by atoms with Crippen molar-refractivity contribution in [2.24, 2.45) is 4.99 Å². The minimum Gasteiger partial charge on any atom is -0.495 e. The van der Waals surface area contributed by atoms with Crippen molar-refractivity contribution in [1.29, 1.82) is 0 Å². The van der Waals surface area contributed by atoms with Crippen LogP contribution in [-0.2, 0) is 12.8 Å². The molecule has 0 aliphatic heterocycles. The average molecular weight is 532 g/mol. The Labute approximate surface area is 226 Å². The van der Waals surface area contributed by atoms with Crippen LogP contribution in [0.2, 0.25) is 5.02 Å². The molecule has 1 amide bonds. The molecule has 0 atom stereocenters. The fourth-order valence-electron chi connectivity index (χ4n) is 4.88. The Bertz CT molecular complexity index is 1500. The molecule has 2 heterocycles. The summed E-state index contributed by atoms with van der Waals surface area (Å²) in [7, 11) is 1.59. The van der Waals surface area contributed by atoms with Crippen LogP contribution in [0.25, 0.3) is 5.00 Å². The van der Waals surface area contributed by atoms with Gasteiger partial charge in [0.1, 0.15) is 10.8 Å². The third-order valence-electron chi connectivity index (χ3n) is 6.85. The maximum atomic E-state index is 13.7. The number of carbonyl (C=O) groups excluding carboxylic acids is 1. The largest absolute Gasteiger partial charge is 0.495 e. The van der Waals surface area contributed by atoms with Gasteiger partial charge in [0.05, 0.1) is 23.4 Å². The zero-order chi connectivity index (χ0) is 26.1. The molecule has 1 aliphatic rings. The van der Waals surface area contributed by atoms with Crippen molar-refractivity contribution in [3.05, 3.63) is 92.1 Å². The molecule has 4 aromatic rings. The zero-order valence-electron chi connectivity index (χ0n) is 21.5. The van der Waals surface area contributed by atoms with Gasteiger partial charge in [0.2, 0.25) is 0 Å². The minimum absolute atomic E-state index is 0.0474. The van der Waals surface area contributed by atoms with Gasteiger partial charge in [0.25, 0.3) is 5.91 Å². The summed E-state index contributed by atoms with van der Waals surface area (Å²) >= 11 is 8.02. The molecular formula is C30H30ClN3O2S. The van der Waals surface area contributed by atoms with Crippen LogP contribution in [0.15, 0.2) is 53.5 Å². The molecule has 0 saturated heterocycles. The van der Waals surface area contributed by atoms with Gasteiger partial charge in [0.15, 0.2) is 0 Å². The van der Waals surface area contributed by atoms with Crippen molar-refractivity contribution in [2.45, 2.75) is 46.5 Å². The summed E-state index contributed by atoms with van der Waals surface area (Å²) in [6.45, 7) is 6.20. The summed E-state index contributed by atoms with van der Waals surface area (Å²) in [5.41, 5.74) is 7.83. The molecule has 2 aromatic carbocycles. The maximum absolute atomic E-state index is 13.7. The number of rotatable bonds is 6. The first-order valence-corrected chi connectivity index (χ1v) is 13.6. The first-order chi connectivity index (χ1) is 17.9. The molecule has 0 saturated carbocycles. The number of anilines is 1. The van der Waals surface area contributed by atoms with E-state index >= 15 is 0 Å². The van der Waals surface area contributed by atoms with E-state index in [1.54, 1.807) is 24.5 Å². The van der Waals surface area contributed by atoms with Crippen molar-refractivity contribution < 1.29 is 9.53 Å². The molecule has 1 aliphatic carbocycles. The fraction of sp³-hybridized carbons (Fsp3) is 0.267.